The second-order valence-electron chi connectivity index (χ2n) is 6.36. The molecule has 0 aromatic carbocycles. The van der Waals surface area contributed by atoms with Gasteiger partial charge in [-0.15, -0.1) is 0 Å². The number of amides is 1. The summed E-state index contributed by atoms with van der Waals surface area (Å²) in [6, 6.07) is 0. The second-order valence-corrected chi connectivity index (χ2v) is 6.36. The Morgan fingerprint density at radius 3 is 2.61 bits per heavy atom. The van der Waals surface area contributed by atoms with Crippen LogP contribution in [0.2, 0.25) is 0 Å². The van der Waals surface area contributed by atoms with E-state index in [0.717, 1.165) is 13.0 Å². The van der Waals surface area contributed by atoms with E-state index in [4.69, 9.17) is 0 Å². The molecule has 0 radical (unpaired) electrons. The fourth-order valence-corrected chi connectivity index (χ4v) is 2.46. The number of hydrogen-bond acceptors (Lipinski definition) is 2. The van der Waals surface area contributed by atoms with Crippen LogP contribution in [0, 0.1) is 5.92 Å². The van der Waals surface area contributed by atoms with Gasteiger partial charge in [0.15, 0.2) is 0 Å². The van der Waals surface area contributed by atoms with Crippen LogP contribution < -0.4 is 0 Å². The SMILES string of the molecule is CC(C)C(=O)N1CCc2c(cnn2C(C)(C)C)C1. The van der Waals surface area contributed by atoms with Crippen LogP contribution >= 0.6 is 0 Å². The Morgan fingerprint density at radius 1 is 1.39 bits per heavy atom. The zero-order valence-corrected chi connectivity index (χ0v) is 12.0. The molecule has 2 rings (SSSR count). The summed E-state index contributed by atoms with van der Waals surface area (Å²) in [5.41, 5.74) is 2.50. The Bertz CT molecular complexity index is 454. The quantitative estimate of drug-likeness (QED) is 0.765. The standard InChI is InChI=1S/C14H23N3O/c1-10(2)13(18)16-7-6-12-11(9-16)8-15-17(12)14(3,4)5/h8,10H,6-7,9H2,1-5H3. The van der Waals surface area contributed by atoms with Gasteiger partial charge in [0.2, 0.25) is 5.91 Å². The molecule has 1 aromatic heterocycles. The largest absolute Gasteiger partial charge is 0.338 e. The lowest BCUT2D eigenvalue weighted by atomic mass is 10.0. The molecule has 1 aliphatic rings. The van der Waals surface area contributed by atoms with Crippen molar-refractivity contribution in [1.82, 2.24) is 14.7 Å². The van der Waals surface area contributed by atoms with Gasteiger partial charge in [0.05, 0.1) is 11.7 Å². The molecule has 2 heterocycles. The van der Waals surface area contributed by atoms with Gasteiger partial charge >= 0.3 is 0 Å². The maximum atomic E-state index is 12.0. The minimum Gasteiger partial charge on any atom is -0.338 e. The fraction of sp³-hybridized carbons (Fsp3) is 0.714. The first-order chi connectivity index (χ1) is 8.30. The molecule has 0 atom stereocenters. The minimum absolute atomic E-state index is 0.0117. The Morgan fingerprint density at radius 2 is 2.06 bits per heavy atom. The number of nitrogens with zero attached hydrogens (tertiary/aromatic N) is 3. The van der Waals surface area contributed by atoms with E-state index in [1.165, 1.54) is 11.3 Å². The highest BCUT2D eigenvalue weighted by Crippen LogP contribution is 2.24. The van der Waals surface area contributed by atoms with Crippen LogP contribution in [0.5, 0.6) is 0 Å². The number of hydrogen-bond donors (Lipinski definition) is 0. The van der Waals surface area contributed by atoms with Crippen molar-refractivity contribution < 1.29 is 4.79 Å². The maximum Gasteiger partial charge on any atom is 0.225 e. The number of carbonyl (C=O) groups is 1. The van der Waals surface area contributed by atoms with Crippen molar-refractivity contribution >= 4 is 5.91 Å². The third-order valence-electron chi connectivity index (χ3n) is 3.38. The molecule has 0 aliphatic carbocycles. The van der Waals surface area contributed by atoms with E-state index >= 15 is 0 Å². The summed E-state index contributed by atoms with van der Waals surface area (Å²) >= 11 is 0. The summed E-state index contributed by atoms with van der Waals surface area (Å²) in [5, 5.41) is 4.49. The molecule has 1 amide bonds. The Hall–Kier alpha value is -1.32. The Kier molecular flexibility index (Phi) is 3.21. The highest BCUT2D eigenvalue weighted by molar-refractivity contribution is 5.78. The number of fused-ring (bicyclic) bond motifs is 1. The van der Waals surface area contributed by atoms with Gasteiger partial charge in [0.1, 0.15) is 0 Å². The molecule has 4 nitrogen and oxygen atoms in total. The molecule has 0 N–H and O–H groups in total. The molecule has 18 heavy (non-hydrogen) atoms. The molecule has 0 saturated heterocycles. The lowest BCUT2D eigenvalue weighted by Crippen LogP contribution is -2.39. The first kappa shape index (κ1) is 13.1. The zero-order chi connectivity index (χ0) is 13.5. The van der Waals surface area contributed by atoms with E-state index in [1.54, 1.807) is 0 Å². The molecule has 100 valence electrons. The first-order valence-electron chi connectivity index (χ1n) is 6.65. The van der Waals surface area contributed by atoms with Crippen molar-refractivity contribution in [2.45, 2.75) is 53.1 Å². The predicted octanol–water partition coefficient (Wildman–Crippen LogP) is 2.18. The molecule has 0 fully saturated rings. The van der Waals surface area contributed by atoms with Crippen LogP contribution in [0.4, 0.5) is 0 Å². The van der Waals surface area contributed by atoms with Gasteiger partial charge in [-0.25, -0.2) is 0 Å². The summed E-state index contributed by atoms with van der Waals surface area (Å²) in [7, 11) is 0. The zero-order valence-electron chi connectivity index (χ0n) is 12.0. The fourth-order valence-electron chi connectivity index (χ4n) is 2.46. The third kappa shape index (κ3) is 2.28. The Labute approximate surface area is 109 Å². The van der Waals surface area contributed by atoms with Crippen LogP contribution in [-0.2, 0) is 23.3 Å². The van der Waals surface area contributed by atoms with Gasteiger partial charge in [-0.3, -0.25) is 9.48 Å². The molecule has 0 bridgehead atoms. The van der Waals surface area contributed by atoms with E-state index in [9.17, 15) is 4.79 Å². The molecule has 4 heteroatoms. The highest BCUT2D eigenvalue weighted by atomic mass is 16.2. The van der Waals surface area contributed by atoms with Gasteiger partial charge < -0.3 is 4.90 Å². The molecular formula is C14H23N3O. The van der Waals surface area contributed by atoms with Crippen LogP contribution in [-0.4, -0.2) is 27.1 Å². The summed E-state index contributed by atoms with van der Waals surface area (Å²) in [6.07, 6.45) is 2.82. The highest BCUT2D eigenvalue weighted by Gasteiger charge is 2.28. The van der Waals surface area contributed by atoms with Crippen molar-refractivity contribution in [2.24, 2.45) is 5.92 Å². The molecule has 1 aliphatic heterocycles. The second kappa shape index (κ2) is 4.41. The summed E-state index contributed by atoms with van der Waals surface area (Å²) in [5.74, 6) is 0.313. The molecule has 0 saturated carbocycles. The van der Waals surface area contributed by atoms with E-state index < -0.39 is 0 Å². The average molecular weight is 249 g/mol. The number of aromatic nitrogens is 2. The van der Waals surface area contributed by atoms with E-state index in [2.05, 4.69) is 30.6 Å². The van der Waals surface area contributed by atoms with Crippen LogP contribution in [0.3, 0.4) is 0 Å². The lowest BCUT2D eigenvalue weighted by Gasteiger charge is -2.31. The van der Waals surface area contributed by atoms with E-state index in [-0.39, 0.29) is 17.4 Å². The average Bonchev–Trinajstić information content (AvgIpc) is 2.69. The maximum absolute atomic E-state index is 12.0. The van der Waals surface area contributed by atoms with Crippen LogP contribution in [0.1, 0.15) is 45.9 Å². The van der Waals surface area contributed by atoms with Crippen molar-refractivity contribution in [2.75, 3.05) is 6.54 Å². The third-order valence-corrected chi connectivity index (χ3v) is 3.38. The van der Waals surface area contributed by atoms with E-state index in [1.807, 2.05) is 24.9 Å². The smallest absolute Gasteiger partial charge is 0.225 e. The van der Waals surface area contributed by atoms with Gasteiger partial charge in [-0.1, -0.05) is 13.8 Å². The normalized spacial score (nSPS) is 16.0. The van der Waals surface area contributed by atoms with Gasteiger partial charge in [-0.2, -0.15) is 5.10 Å². The van der Waals surface area contributed by atoms with Crippen LogP contribution in [0.15, 0.2) is 6.20 Å². The summed E-state index contributed by atoms with van der Waals surface area (Å²) in [6.45, 7) is 11.9. The van der Waals surface area contributed by atoms with Gasteiger partial charge in [-0.05, 0) is 20.8 Å². The monoisotopic (exact) mass is 249 g/mol. The number of rotatable bonds is 1. The first-order valence-corrected chi connectivity index (χ1v) is 6.65. The minimum atomic E-state index is 0.0117. The Balaban J connectivity index is 2.23. The molecule has 1 aromatic rings. The van der Waals surface area contributed by atoms with Crippen molar-refractivity contribution in [1.29, 1.82) is 0 Å². The van der Waals surface area contributed by atoms with Gasteiger partial charge in [0, 0.05) is 36.7 Å². The van der Waals surface area contributed by atoms with Crippen molar-refractivity contribution in [3.63, 3.8) is 0 Å². The van der Waals surface area contributed by atoms with Crippen LogP contribution in [0.25, 0.3) is 0 Å². The number of carbonyl (C=O) groups excluding carboxylic acids is 1. The topological polar surface area (TPSA) is 38.1 Å². The molecule has 0 unspecified atom stereocenters. The summed E-state index contributed by atoms with van der Waals surface area (Å²) in [4.78, 5) is 14.0. The molecular weight excluding hydrogens is 226 g/mol. The summed E-state index contributed by atoms with van der Waals surface area (Å²) < 4.78 is 2.10. The lowest BCUT2D eigenvalue weighted by molar-refractivity contribution is -0.135. The van der Waals surface area contributed by atoms with Gasteiger partial charge in [0.25, 0.3) is 0 Å². The van der Waals surface area contributed by atoms with Crippen molar-refractivity contribution in [3.05, 3.63) is 17.5 Å². The van der Waals surface area contributed by atoms with E-state index in [0.29, 0.717) is 6.54 Å². The van der Waals surface area contributed by atoms with Crippen molar-refractivity contribution in [3.8, 4) is 0 Å². The molecule has 0 spiro atoms. The predicted molar refractivity (Wildman–Crippen MR) is 71.2 cm³/mol.